The van der Waals surface area contributed by atoms with Gasteiger partial charge in [0.1, 0.15) is 22.9 Å². The molecule has 0 radical (unpaired) electrons. The number of ether oxygens (including phenoxy) is 1. The van der Waals surface area contributed by atoms with Gasteiger partial charge in [-0.1, -0.05) is 0 Å². The number of hydrogen-bond acceptors (Lipinski definition) is 4. The van der Waals surface area contributed by atoms with E-state index in [0.717, 1.165) is 18.9 Å². The summed E-state index contributed by atoms with van der Waals surface area (Å²) in [4.78, 5) is 16.0. The monoisotopic (exact) mass is 328 g/mol. The summed E-state index contributed by atoms with van der Waals surface area (Å²) in [7, 11) is 3.73. The van der Waals surface area contributed by atoms with Crippen molar-refractivity contribution in [2.45, 2.75) is 18.9 Å². The largest absolute Gasteiger partial charge is 0.507 e. The number of hydrogen-bond donors (Lipinski definition) is 1. The maximum atomic E-state index is 13.9. The molecule has 2 rings (SSSR count). The lowest BCUT2D eigenvalue weighted by atomic mass is 10.1. The van der Waals surface area contributed by atoms with Crippen LogP contribution in [0.3, 0.4) is 0 Å². The second-order valence-electron chi connectivity index (χ2n) is 5.97. The van der Waals surface area contributed by atoms with Gasteiger partial charge in [-0.25, -0.2) is 8.78 Å². The van der Waals surface area contributed by atoms with Gasteiger partial charge in [0.25, 0.3) is 5.91 Å². The molecule has 1 saturated heterocycles. The predicted molar refractivity (Wildman–Crippen MR) is 81.5 cm³/mol. The molecule has 1 fully saturated rings. The molecule has 23 heavy (non-hydrogen) atoms. The zero-order valence-electron chi connectivity index (χ0n) is 13.4. The molecule has 128 valence electrons. The number of aromatic hydroxyl groups is 1. The molecule has 0 unspecified atom stereocenters. The van der Waals surface area contributed by atoms with E-state index in [1.807, 2.05) is 19.0 Å². The van der Waals surface area contributed by atoms with E-state index in [1.54, 1.807) is 0 Å². The van der Waals surface area contributed by atoms with E-state index in [2.05, 4.69) is 0 Å². The molecule has 0 saturated carbocycles. The average Bonchev–Trinajstić information content (AvgIpc) is 2.94. The number of carbonyl (C=O) groups is 1. The molecule has 1 aliphatic heterocycles. The summed E-state index contributed by atoms with van der Waals surface area (Å²) in [5.41, 5.74) is -0.497. The van der Waals surface area contributed by atoms with Crippen LogP contribution < -0.4 is 0 Å². The van der Waals surface area contributed by atoms with Gasteiger partial charge in [0.15, 0.2) is 0 Å². The van der Waals surface area contributed by atoms with E-state index in [0.29, 0.717) is 32.3 Å². The topological polar surface area (TPSA) is 53.0 Å². The van der Waals surface area contributed by atoms with Crippen molar-refractivity contribution >= 4 is 5.91 Å². The lowest BCUT2D eigenvalue weighted by Crippen LogP contribution is -2.41. The number of benzene rings is 1. The van der Waals surface area contributed by atoms with Crippen LogP contribution in [0.15, 0.2) is 12.1 Å². The van der Waals surface area contributed by atoms with Crippen LogP contribution in [-0.4, -0.2) is 67.3 Å². The molecule has 1 N–H and O–H groups in total. The Balaban J connectivity index is 2.20. The maximum Gasteiger partial charge on any atom is 0.260 e. The predicted octanol–water partition coefficient (Wildman–Crippen LogP) is 1.85. The molecule has 0 spiro atoms. The van der Waals surface area contributed by atoms with E-state index in [-0.39, 0.29) is 6.10 Å². The Kier molecular flexibility index (Phi) is 5.90. The molecule has 0 bridgehead atoms. The third-order valence-corrected chi connectivity index (χ3v) is 3.80. The lowest BCUT2D eigenvalue weighted by molar-refractivity contribution is 0.0506. The molecule has 7 heteroatoms. The highest BCUT2D eigenvalue weighted by atomic mass is 19.1. The van der Waals surface area contributed by atoms with Gasteiger partial charge in [0.05, 0.1) is 6.10 Å². The van der Waals surface area contributed by atoms with E-state index in [1.165, 1.54) is 4.90 Å². The van der Waals surface area contributed by atoms with Crippen molar-refractivity contribution < 1.29 is 23.4 Å². The summed E-state index contributed by atoms with van der Waals surface area (Å²) in [5.74, 6) is -3.32. The van der Waals surface area contributed by atoms with Crippen LogP contribution in [0.5, 0.6) is 5.75 Å². The van der Waals surface area contributed by atoms with Crippen molar-refractivity contribution in [3.05, 3.63) is 29.3 Å². The molecule has 0 aliphatic carbocycles. The molecule has 1 aromatic carbocycles. The van der Waals surface area contributed by atoms with Crippen LogP contribution in [-0.2, 0) is 4.74 Å². The molecule has 1 amide bonds. The summed E-state index contributed by atoms with van der Waals surface area (Å²) < 4.78 is 32.6. The number of rotatable bonds is 6. The van der Waals surface area contributed by atoms with E-state index < -0.39 is 28.9 Å². The third kappa shape index (κ3) is 4.62. The average molecular weight is 328 g/mol. The van der Waals surface area contributed by atoms with Crippen molar-refractivity contribution in [3.8, 4) is 5.75 Å². The zero-order chi connectivity index (χ0) is 17.0. The molecular formula is C16H22F2N2O3. The number of halogens is 2. The van der Waals surface area contributed by atoms with Crippen molar-refractivity contribution in [2.24, 2.45) is 0 Å². The van der Waals surface area contributed by atoms with Crippen molar-refractivity contribution in [1.82, 2.24) is 9.80 Å². The van der Waals surface area contributed by atoms with Crippen LogP contribution in [0.25, 0.3) is 0 Å². The van der Waals surface area contributed by atoms with Crippen molar-refractivity contribution in [1.29, 1.82) is 0 Å². The minimum absolute atomic E-state index is 0.0910. The molecule has 1 heterocycles. The van der Waals surface area contributed by atoms with Gasteiger partial charge < -0.3 is 19.6 Å². The Bertz CT molecular complexity index is 537. The number of amides is 1. The number of phenolic OH excluding ortho intramolecular Hbond substituents is 1. The highest BCUT2D eigenvalue weighted by molar-refractivity contribution is 5.97. The quantitative estimate of drug-likeness (QED) is 0.866. The van der Waals surface area contributed by atoms with E-state index in [4.69, 9.17) is 4.74 Å². The van der Waals surface area contributed by atoms with Gasteiger partial charge >= 0.3 is 0 Å². The molecule has 5 nitrogen and oxygen atoms in total. The van der Waals surface area contributed by atoms with Crippen LogP contribution in [0, 0.1) is 11.6 Å². The van der Waals surface area contributed by atoms with Gasteiger partial charge in [-0.05, 0) is 26.9 Å². The number of carbonyl (C=O) groups excluding carboxylic acids is 1. The summed E-state index contributed by atoms with van der Waals surface area (Å²) in [6, 6.07) is 1.34. The molecule has 1 atom stereocenters. The van der Waals surface area contributed by atoms with Gasteiger partial charge in [-0.3, -0.25) is 4.79 Å². The fraction of sp³-hybridized carbons (Fsp3) is 0.562. The standard InChI is InChI=1S/C16H22F2N2O3/c1-19(2)5-6-20(10-12-4-3-7-23-12)16(22)15-13(18)8-11(17)9-14(15)21/h8-9,12,21H,3-7,10H2,1-2H3/t12-/m0/s1. The first-order chi connectivity index (χ1) is 10.9. The van der Waals surface area contributed by atoms with E-state index >= 15 is 0 Å². The van der Waals surface area contributed by atoms with Gasteiger partial charge in [0, 0.05) is 38.4 Å². The summed E-state index contributed by atoms with van der Waals surface area (Å²) in [6.45, 7) is 1.92. The second-order valence-corrected chi connectivity index (χ2v) is 5.97. The molecule has 1 aliphatic rings. The van der Waals surface area contributed by atoms with Crippen molar-refractivity contribution in [3.63, 3.8) is 0 Å². The summed E-state index contributed by atoms with van der Waals surface area (Å²) in [5, 5.41) is 9.76. The van der Waals surface area contributed by atoms with Crippen LogP contribution >= 0.6 is 0 Å². The van der Waals surface area contributed by atoms with E-state index in [9.17, 15) is 18.7 Å². The van der Waals surface area contributed by atoms with Gasteiger partial charge in [0.2, 0.25) is 0 Å². The summed E-state index contributed by atoms with van der Waals surface area (Å²) >= 11 is 0. The second kappa shape index (κ2) is 7.70. The molecular weight excluding hydrogens is 306 g/mol. The highest BCUT2D eigenvalue weighted by Gasteiger charge is 2.27. The van der Waals surface area contributed by atoms with Gasteiger partial charge in [-0.15, -0.1) is 0 Å². The third-order valence-electron chi connectivity index (χ3n) is 3.80. The van der Waals surface area contributed by atoms with Crippen molar-refractivity contribution in [2.75, 3.05) is 40.3 Å². The van der Waals surface area contributed by atoms with Gasteiger partial charge in [-0.2, -0.15) is 0 Å². The maximum absolute atomic E-state index is 13.9. The summed E-state index contributed by atoms with van der Waals surface area (Å²) in [6.07, 6.45) is 1.67. The molecule has 0 aromatic heterocycles. The number of nitrogens with zero attached hydrogens (tertiary/aromatic N) is 2. The fourth-order valence-electron chi connectivity index (χ4n) is 2.56. The first-order valence-electron chi connectivity index (χ1n) is 7.62. The van der Waals surface area contributed by atoms with Crippen LogP contribution in [0.2, 0.25) is 0 Å². The lowest BCUT2D eigenvalue weighted by Gasteiger charge is -2.27. The highest BCUT2D eigenvalue weighted by Crippen LogP contribution is 2.24. The fourth-order valence-corrected chi connectivity index (χ4v) is 2.56. The van der Waals surface area contributed by atoms with Crippen LogP contribution in [0.1, 0.15) is 23.2 Å². The number of likely N-dealkylation sites (N-methyl/N-ethyl adjacent to an activating group) is 1. The minimum atomic E-state index is -1.06. The normalized spacial score (nSPS) is 17.7. The first kappa shape index (κ1) is 17.6. The van der Waals surface area contributed by atoms with Crippen LogP contribution in [0.4, 0.5) is 8.78 Å². The zero-order valence-corrected chi connectivity index (χ0v) is 13.4. The SMILES string of the molecule is CN(C)CCN(C[C@@H]1CCCO1)C(=O)c1c(O)cc(F)cc1F. The molecule has 1 aromatic rings. The Morgan fingerprint density at radius 1 is 1.35 bits per heavy atom. The first-order valence-corrected chi connectivity index (χ1v) is 7.62. The minimum Gasteiger partial charge on any atom is -0.507 e. The smallest absolute Gasteiger partial charge is 0.260 e. The number of phenols is 1. The Morgan fingerprint density at radius 3 is 2.65 bits per heavy atom. The Morgan fingerprint density at radius 2 is 2.09 bits per heavy atom. The Labute approximate surface area is 134 Å². The Hall–Kier alpha value is -1.73.